The van der Waals surface area contributed by atoms with Gasteiger partial charge in [0.15, 0.2) is 0 Å². The molecular formula is C13H21N. The zero-order valence-corrected chi connectivity index (χ0v) is 9.37. The standard InChI is InChI=1S/C13H21N/c1-3-4-5-9-12-14(2)13-10-7-6-8-11-13/h6-8,10-11H,3-5,9,12H2,1-2H3. The Morgan fingerprint density at radius 2 is 1.71 bits per heavy atom. The highest BCUT2D eigenvalue weighted by atomic mass is 15.1. The van der Waals surface area contributed by atoms with Crippen molar-refractivity contribution in [3.63, 3.8) is 0 Å². The second-order valence-electron chi connectivity index (χ2n) is 3.82. The van der Waals surface area contributed by atoms with E-state index in [-0.39, 0.29) is 0 Å². The van der Waals surface area contributed by atoms with Gasteiger partial charge >= 0.3 is 0 Å². The minimum Gasteiger partial charge on any atom is -0.375 e. The lowest BCUT2D eigenvalue weighted by Crippen LogP contribution is -2.18. The van der Waals surface area contributed by atoms with Gasteiger partial charge in [-0.3, -0.25) is 0 Å². The summed E-state index contributed by atoms with van der Waals surface area (Å²) in [7, 11) is 2.17. The Labute approximate surface area is 87.7 Å². The summed E-state index contributed by atoms with van der Waals surface area (Å²) in [5.41, 5.74) is 1.32. The highest BCUT2D eigenvalue weighted by Crippen LogP contribution is 2.12. The molecule has 1 heteroatoms. The van der Waals surface area contributed by atoms with E-state index in [0.29, 0.717) is 0 Å². The Balaban J connectivity index is 2.25. The van der Waals surface area contributed by atoms with Gasteiger partial charge in [0.25, 0.3) is 0 Å². The van der Waals surface area contributed by atoms with E-state index < -0.39 is 0 Å². The van der Waals surface area contributed by atoms with Gasteiger partial charge in [-0.05, 0) is 18.6 Å². The van der Waals surface area contributed by atoms with Crippen LogP contribution in [0.2, 0.25) is 0 Å². The van der Waals surface area contributed by atoms with E-state index in [1.807, 2.05) is 0 Å². The quantitative estimate of drug-likeness (QED) is 0.620. The van der Waals surface area contributed by atoms with E-state index in [2.05, 4.69) is 49.2 Å². The first-order chi connectivity index (χ1) is 6.84. The fourth-order valence-corrected chi connectivity index (χ4v) is 1.59. The second-order valence-corrected chi connectivity index (χ2v) is 3.82. The third-order valence-corrected chi connectivity index (χ3v) is 2.54. The number of hydrogen-bond acceptors (Lipinski definition) is 1. The smallest absolute Gasteiger partial charge is 0.0363 e. The van der Waals surface area contributed by atoms with Crippen LogP contribution in [0.5, 0.6) is 0 Å². The Morgan fingerprint density at radius 3 is 2.36 bits per heavy atom. The third kappa shape index (κ3) is 3.82. The van der Waals surface area contributed by atoms with Crippen LogP contribution in [-0.2, 0) is 0 Å². The van der Waals surface area contributed by atoms with E-state index in [9.17, 15) is 0 Å². The van der Waals surface area contributed by atoms with Gasteiger partial charge in [0.05, 0.1) is 0 Å². The van der Waals surface area contributed by atoms with Crippen molar-refractivity contribution in [3.05, 3.63) is 30.3 Å². The predicted octanol–water partition coefficient (Wildman–Crippen LogP) is 3.70. The van der Waals surface area contributed by atoms with E-state index >= 15 is 0 Å². The summed E-state index contributed by atoms with van der Waals surface area (Å²) in [6.45, 7) is 3.42. The van der Waals surface area contributed by atoms with Crippen LogP contribution in [0.3, 0.4) is 0 Å². The molecule has 1 nitrogen and oxygen atoms in total. The molecule has 0 unspecified atom stereocenters. The highest BCUT2D eigenvalue weighted by Gasteiger charge is 1.98. The number of anilines is 1. The molecule has 0 spiro atoms. The van der Waals surface area contributed by atoms with Crippen molar-refractivity contribution >= 4 is 5.69 Å². The predicted molar refractivity (Wildman–Crippen MR) is 63.9 cm³/mol. The van der Waals surface area contributed by atoms with Crippen LogP contribution in [0.1, 0.15) is 32.6 Å². The first-order valence-corrected chi connectivity index (χ1v) is 5.60. The summed E-state index contributed by atoms with van der Waals surface area (Å²) in [5.74, 6) is 0. The summed E-state index contributed by atoms with van der Waals surface area (Å²) in [4.78, 5) is 2.33. The number of unbranched alkanes of at least 4 members (excludes halogenated alkanes) is 3. The Kier molecular flexibility index (Phi) is 5.13. The SMILES string of the molecule is CCCCCCN(C)c1ccccc1. The summed E-state index contributed by atoms with van der Waals surface area (Å²) in [5, 5.41) is 0. The van der Waals surface area contributed by atoms with E-state index in [1.165, 1.54) is 37.9 Å². The monoisotopic (exact) mass is 191 g/mol. The van der Waals surface area contributed by atoms with Gasteiger partial charge in [0.1, 0.15) is 0 Å². The molecule has 0 heterocycles. The summed E-state index contributed by atoms with van der Waals surface area (Å²) >= 11 is 0. The van der Waals surface area contributed by atoms with Crippen molar-refractivity contribution in [2.75, 3.05) is 18.5 Å². The van der Waals surface area contributed by atoms with Crippen LogP contribution < -0.4 is 4.90 Å². The van der Waals surface area contributed by atoms with E-state index in [1.54, 1.807) is 0 Å². The summed E-state index contributed by atoms with van der Waals surface area (Å²) < 4.78 is 0. The number of para-hydroxylation sites is 1. The molecular weight excluding hydrogens is 170 g/mol. The Hall–Kier alpha value is -0.980. The van der Waals surface area contributed by atoms with E-state index in [0.717, 1.165) is 0 Å². The van der Waals surface area contributed by atoms with Gasteiger partial charge in [-0.2, -0.15) is 0 Å². The molecule has 0 aliphatic rings. The average molecular weight is 191 g/mol. The van der Waals surface area contributed by atoms with Crippen LogP contribution in [0.25, 0.3) is 0 Å². The van der Waals surface area contributed by atoms with Gasteiger partial charge in [0, 0.05) is 19.3 Å². The highest BCUT2D eigenvalue weighted by molar-refractivity contribution is 5.44. The van der Waals surface area contributed by atoms with Crippen molar-refractivity contribution in [3.8, 4) is 0 Å². The molecule has 0 bridgehead atoms. The molecule has 1 rings (SSSR count). The van der Waals surface area contributed by atoms with Gasteiger partial charge in [-0.15, -0.1) is 0 Å². The van der Waals surface area contributed by atoms with Crippen LogP contribution in [0.4, 0.5) is 5.69 Å². The second kappa shape index (κ2) is 6.47. The number of benzene rings is 1. The minimum absolute atomic E-state index is 1.17. The first kappa shape index (κ1) is 11.1. The maximum atomic E-state index is 2.33. The molecule has 0 amide bonds. The van der Waals surface area contributed by atoms with Gasteiger partial charge < -0.3 is 4.90 Å². The number of hydrogen-bond donors (Lipinski definition) is 0. The third-order valence-electron chi connectivity index (χ3n) is 2.54. The van der Waals surface area contributed by atoms with Gasteiger partial charge in [-0.1, -0.05) is 44.4 Å². The molecule has 0 N–H and O–H groups in total. The molecule has 0 saturated carbocycles. The lowest BCUT2D eigenvalue weighted by molar-refractivity contribution is 0.661. The van der Waals surface area contributed by atoms with Crippen molar-refractivity contribution < 1.29 is 0 Å². The van der Waals surface area contributed by atoms with Crippen LogP contribution in [0, 0.1) is 0 Å². The lowest BCUT2D eigenvalue weighted by atomic mass is 10.2. The molecule has 0 fully saturated rings. The molecule has 0 aliphatic carbocycles. The lowest BCUT2D eigenvalue weighted by Gasteiger charge is -2.18. The molecule has 1 aromatic rings. The molecule has 14 heavy (non-hydrogen) atoms. The van der Waals surface area contributed by atoms with Crippen molar-refractivity contribution in [2.24, 2.45) is 0 Å². The van der Waals surface area contributed by atoms with Gasteiger partial charge in [0.2, 0.25) is 0 Å². The zero-order chi connectivity index (χ0) is 10.2. The molecule has 78 valence electrons. The summed E-state index contributed by atoms with van der Waals surface area (Å²) in [6, 6.07) is 10.6. The van der Waals surface area contributed by atoms with Crippen LogP contribution in [-0.4, -0.2) is 13.6 Å². The fraction of sp³-hybridized carbons (Fsp3) is 0.538. The molecule has 0 saturated heterocycles. The maximum absolute atomic E-state index is 2.33. The van der Waals surface area contributed by atoms with Crippen molar-refractivity contribution in [1.29, 1.82) is 0 Å². The van der Waals surface area contributed by atoms with Crippen molar-refractivity contribution in [2.45, 2.75) is 32.6 Å². The molecule has 0 atom stereocenters. The van der Waals surface area contributed by atoms with Gasteiger partial charge in [-0.25, -0.2) is 0 Å². The number of nitrogens with zero attached hydrogens (tertiary/aromatic N) is 1. The zero-order valence-electron chi connectivity index (χ0n) is 9.37. The Bertz CT molecular complexity index is 230. The minimum atomic E-state index is 1.17. The molecule has 0 aliphatic heterocycles. The molecule has 1 aromatic carbocycles. The normalized spacial score (nSPS) is 10.1. The molecule has 0 radical (unpaired) electrons. The summed E-state index contributed by atoms with van der Waals surface area (Å²) in [6.07, 6.45) is 5.34. The molecule has 0 aromatic heterocycles. The van der Waals surface area contributed by atoms with E-state index in [4.69, 9.17) is 0 Å². The largest absolute Gasteiger partial charge is 0.375 e. The average Bonchev–Trinajstić information content (AvgIpc) is 2.25. The maximum Gasteiger partial charge on any atom is 0.0363 e. The van der Waals surface area contributed by atoms with Crippen LogP contribution >= 0.6 is 0 Å². The van der Waals surface area contributed by atoms with Crippen LogP contribution in [0.15, 0.2) is 30.3 Å². The van der Waals surface area contributed by atoms with Crippen molar-refractivity contribution in [1.82, 2.24) is 0 Å². The topological polar surface area (TPSA) is 3.24 Å². The first-order valence-electron chi connectivity index (χ1n) is 5.60. The number of rotatable bonds is 6. The Morgan fingerprint density at radius 1 is 1.00 bits per heavy atom. The fourth-order valence-electron chi connectivity index (χ4n) is 1.59.